The van der Waals surface area contributed by atoms with Gasteiger partial charge in [-0.2, -0.15) is 0 Å². The lowest BCUT2D eigenvalue weighted by atomic mass is 9.77. The molecule has 0 saturated carbocycles. The lowest BCUT2D eigenvalue weighted by molar-refractivity contribution is -0.385. The Balaban J connectivity index is 1.59. The number of carbonyl (C=O) groups excluding carboxylic acids is 1. The van der Waals surface area contributed by atoms with Gasteiger partial charge in [-0.25, -0.2) is 0 Å². The summed E-state index contributed by atoms with van der Waals surface area (Å²) in [5, 5.41) is 18.8. The first-order valence-corrected chi connectivity index (χ1v) is 11.9. The summed E-state index contributed by atoms with van der Waals surface area (Å²) in [7, 11) is 0. The Morgan fingerprint density at radius 1 is 0.886 bits per heavy atom. The number of carbonyl (C=O) groups is 1. The van der Waals surface area contributed by atoms with Crippen molar-refractivity contribution in [2.75, 3.05) is 10.6 Å². The highest BCUT2D eigenvalue weighted by atomic mass is 16.6. The molecule has 3 aromatic rings. The van der Waals surface area contributed by atoms with E-state index in [0.717, 1.165) is 22.6 Å². The highest BCUT2D eigenvalue weighted by molar-refractivity contribution is 6.01. The SMILES string of the molecule is CC(C)(C)c1ccc(C2CC(=O)C3=C(C2)Nc2ccccc2NC3c2ccccc2[N+](=O)[O-])cc1. The smallest absolute Gasteiger partial charge is 0.275 e. The van der Waals surface area contributed by atoms with Crippen LogP contribution in [0.25, 0.3) is 0 Å². The van der Waals surface area contributed by atoms with Gasteiger partial charge in [0.25, 0.3) is 5.69 Å². The number of nitro groups is 1. The molecule has 0 aromatic heterocycles. The van der Waals surface area contributed by atoms with Gasteiger partial charge in [0.05, 0.1) is 27.9 Å². The number of hydrogen-bond acceptors (Lipinski definition) is 5. The van der Waals surface area contributed by atoms with Gasteiger partial charge in [-0.05, 0) is 47.1 Å². The van der Waals surface area contributed by atoms with Gasteiger partial charge in [-0.1, -0.05) is 69.3 Å². The first-order chi connectivity index (χ1) is 16.7. The minimum Gasteiger partial charge on any atom is -0.372 e. The van der Waals surface area contributed by atoms with Crippen LogP contribution in [0.4, 0.5) is 17.1 Å². The number of nitro benzene ring substituents is 1. The summed E-state index contributed by atoms with van der Waals surface area (Å²) in [4.78, 5) is 25.2. The Morgan fingerprint density at radius 3 is 2.23 bits per heavy atom. The van der Waals surface area contributed by atoms with Gasteiger partial charge in [0.2, 0.25) is 0 Å². The van der Waals surface area contributed by atoms with Crippen molar-refractivity contribution in [1.29, 1.82) is 0 Å². The summed E-state index contributed by atoms with van der Waals surface area (Å²) >= 11 is 0. The van der Waals surface area contributed by atoms with Gasteiger partial charge in [-0.3, -0.25) is 14.9 Å². The number of para-hydroxylation sites is 3. The van der Waals surface area contributed by atoms with Crippen LogP contribution in [0.2, 0.25) is 0 Å². The second-order valence-corrected chi connectivity index (χ2v) is 10.4. The summed E-state index contributed by atoms with van der Waals surface area (Å²) in [6.45, 7) is 6.56. The van der Waals surface area contributed by atoms with Crippen molar-refractivity contribution in [2.45, 2.75) is 51.0 Å². The quantitative estimate of drug-likeness (QED) is 0.324. The predicted octanol–water partition coefficient (Wildman–Crippen LogP) is 6.87. The summed E-state index contributed by atoms with van der Waals surface area (Å²) in [5.74, 6) is 0.0477. The van der Waals surface area contributed by atoms with E-state index in [4.69, 9.17) is 0 Å². The van der Waals surface area contributed by atoms with Crippen molar-refractivity contribution >= 4 is 22.8 Å². The van der Waals surface area contributed by atoms with E-state index in [2.05, 4.69) is 55.7 Å². The van der Waals surface area contributed by atoms with Crippen molar-refractivity contribution in [3.63, 3.8) is 0 Å². The van der Waals surface area contributed by atoms with Crippen LogP contribution in [0.1, 0.15) is 62.3 Å². The maximum absolute atomic E-state index is 13.7. The molecule has 1 aliphatic heterocycles. The molecule has 3 aromatic carbocycles. The molecule has 1 aliphatic carbocycles. The molecular formula is C29H29N3O3. The molecule has 0 spiro atoms. The number of Topliss-reactive ketones (excluding diaryl/α,β-unsaturated/α-hetero) is 1. The lowest BCUT2D eigenvalue weighted by Crippen LogP contribution is -2.27. The van der Waals surface area contributed by atoms with Crippen molar-refractivity contribution < 1.29 is 9.72 Å². The molecule has 2 atom stereocenters. The number of benzene rings is 3. The topological polar surface area (TPSA) is 84.3 Å². The monoisotopic (exact) mass is 467 g/mol. The molecule has 6 heteroatoms. The Hall–Kier alpha value is -3.93. The molecular weight excluding hydrogens is 438 g/mol. The fraction of sp³-hybridized carbons (Fsp3) is 0.276. The number of fused-ring (bicyclic) bond motifs is 1. The van der Waals surface area contributed by atoms with Crippen LogP contribution in [-0.2, 0) is 10.2 Å². The zero-order chi connectivity index (χ0) is 24.7. The Bertz CT molecular complexity index is 1340. The minimum atomic E-state index is -0.612. The van der Waals surface area contributed by atoms with E-state index in [1.807, 2.05) is 24.3 Å². The maximum Gasteiger partial charge on any atom is 0.275 e. The van der Waals surface area contributed by atoms with Gasteiger partial charge in [-0.15, -0.1) is 0 Å². The maximum atomic E-state index is 13.7. The normalized spacial score (nSPS) is 19.7. The number of rotatable bonds is 3. The predicted molar refractivity (Wildman–Crippen MR) is 139 cm³/mol. The number of allylic oxidation sites excluding steroid dienone is 1. The summed E-state index contributed by atoms with van der Waals surface area (Å²) in [6, 6.07) is 22.3. The molecule has 2 aliphatic rings. The summed E-state index contributed by atoms with van der Waals surface area (Å²) in [6.07, 6.45) is 1.02. The van der Waals surface area contributed by atoms with Gasteiger partial charge < -0.3 is 10.6 Å². The molecule has 35 heavy (non-hydrogen) atoms. The molecule has 6 nitrogen and oxygen atoms in total. The van der Waals surface area contributed by atoms with Crippen LogP contribution in [-0.4, -0.2) is 10.7 Å². The number of anilines is 2. The molecule has 2 N–H and O–H groups in total. The zero-order valence-electron chi connectivity index (χ0n) is 20.2. The van der Waals surface area contributed by atoms with Crippen molar-refractivity contribution in [3.05, 3.63) is 111 Å². The average molecular weight is 468 g/mol. The molecule has 1 heterocycles. The van der Waals surface area contributed by atoms with Crippen LogP contribution >= 0.6 is 0 Å². The number of ketones is 1. The van der Waals surface area contributed by atoms with E-state index in [1.165, 1.54) is 11.6 Å². The van der Waals surface area contributed by atoms with Crippen molar-refractivity contribution in [1.82, 2.24) is 0 Å². The van der Waals surface area contributed by atoms with Crippen molar-refractivity contribution in [3.8, 4) is 0 Å². The molecule has 0 saturated heterocycles. The number of hydrogen-bond donors (Lipinski definition) is 2. The zero-order valence-corrected chi connectivity index (χ0v) is 20.2. The molecule has 5 rings (SSSR count). The summed E-state index contributed by atoms with van der Waals surface area (Å²) in [5.41, 5.74) is 6.02. The Morgan fingerprint density at radius 2 is 1.54 bits per heavy atom. The largest absolute Gasteiger partial charge is 0.372 e. The van der Waals surface area contributed by atoms with E-state index >= 15 is 0 Å². The fourth-order valence-corrected chi connectivity index (χ4v) is 5.11. The number of nitrogens with one attached hydrogen (secondary N) is 2. The van der Waals surface area contributed by atoms with Crippen LogP contribution in [0.5, 0.6) is 0 Å². The average Bonchev–Trinajstić information content (AvgIpc) is 3.00. The Labute approximate surface area is 205 Å². The van der Waals surface area contributed by atoms with Gasteiger partial charge in [0.1, 0.15) is 0 Å². The highest BCUT2D eigenvalue weighted by Crippen LogP contribution is 2.45. The molecule has 178 valence electrons. The summed E-state index contributed by atoms with van der Waals surface area (Å²) < 4.78 is 0. The van der Waals surface area contributed by atoms with Crippen LogP contribution < -0.4 is 10.6 Å². The third-order valence-corrected chi connectivity index (χ3v) is 7.00. The van der Waals surface area contributed by atoms with Gasteiger partial charge >= 0.3 is 0 Å². The standard InChI is InChI=1S/C29H29N3O3/c1-29(2,3)20-14-12-18(13-15-20)19-16-24-27(26(33)17-19)28(21-8-4-7-11-25(21)32(34)35)31-23-10-6-5-9-22(23)30-24/h4-15,19,28,30-31H,16-17H2,1-3H3. The van der Waals surface area contributed by atoms with Gasteiger partial charge in [0.15, 0.2) is 5.78 Å². The third-order valence-electron chi connectivity index (χ3n) is 7.00. The van der Waals surface area contributed by atoms with E-state index in [0.29, 0.717) is 24.0 Å². The molecule has 0 fully saturated rings. The number of nitrogens with zero attached hydrogens (tertiary/aromatic N) is 1. The second-order valence-electron chi connectivity index (χ2n) is 10.4. The van der Waals surface area contributed by atoms with E-state index in [9.17, 15) is 14.9 Å². The highest BCUT2D eigenvalue weighted by Gasteiger charge is 2.38. The van der Waals surface area contributed by atoms with E-state index < -0.39 is 6.04 Å². The Kier molecular flexibility index (Phi) is 5.67. The van der Waals surface area contributed by atoms with Crippen LogP contribution in [0.15, 0.2) is 84.1 Å². The third kappa shape index (κ3) is 4.32. The second kappa shape index (κ2) is 8.69. The first-order valence-electron chi connectivity index (χ1n) is 11.9. The molecule has 0 amide bonds. The molecule has 0 radical (unpaired) electrons. The van der Waals surface area contributed by atoms with Gasteiger partial charge in [0, 0.05) is 23.8 Å². The van der Waals surface area contributed by atoms with E-state index in [-0.39, 0.29) is 27.7 Å². The van der Waals surface area contributed by atoms with Crippen molar-refractivity contribution in [2.24, 2.45) is 0 Å². The lowest BCUT2D eigenvalue weighted by Gasteiger charge is -2.30. The molecule has 2 unspecified atom stereocenters. The van der Waals surface area contributed by atoms with Crippen LogP contribution in [0, 0.1) is 10.1 Å². The van der Waals surface area contributed by atoms with Crippen LogP contribution in [0.3, 0.4) is 0 Å². The molecule has 0 bridgehead atoms. The fourth-order valence-electron chi connectivity index (χ4n) is 5.11. The minimum absolute atomic E-state index is 0.00363. The van der Waals surface area contributed by atoms with E-state index in [1.54, 1.807) is 18.2 Å². The first kappa shape index (κ1) is 22.8.